The molecule has 1 aromatic carbocycles. The first-order valence-corrected chi connectivity index (χ1v) is 7.53. The first kappa shape index (κ1) is 16.2. The van der Waals surface area contributed by atoms with Crippen LogP contribution in [-0.4, -0.2) is 12.6 Å². The molecule has 1 unspecified atom stereocenters. The first-order chi connectivity index (χ1) is 9.04. The molecule has 0 fully saturated rings. The van der Waals surface area contributed by atoms with Crippen molar-refractivity contribution in [2.45, 2.75) is 59.4 Å². The van der Waals surface area contributed by atoms with E-state index in [0.29, 0.717) is 12.0 Å². The van der Waals surface area contributed by atoms with Crippen molar-refractivity contribution in [3.63, 3.8) is 0 Å². The molecule has 1 atom stereocenters. The summed E-state index contributed by atoms with van der Waals surface area (Å²) in [6.07, 6.45) is 4.57. The summed E-state index contributed by atoms with van der Waals surface area (Å²) in [6.45, 7) is 9.84. The van der Waals surface area contributed by atoms with Crippen LogP contribution in [0.3, 0.4) is 0 Å². The molecular formula is C17H28FN. The normalized spacial score (nSPS) is 12.9. The zero-order valence-electron chi connectivity index (χ0n) is 12.8. The highest BCUT2D eigenvalue weighted by atomic mass is 19.1. The van der Waals surface area contributed by atoms with Crippen LogP contribution in [0.5, 0.6) is 0 Å². The second kappa shape index (κ2) is 8.31. The molecule has 1 nitrogen and oxygen atoms in total. The summed E-state index contributed by atoms with van der Waals surface area (Å²) in [4.78, 5) is 0. The molecule has 1 N–H and O–H groups in total. The lowest BCUT2D eigenvalue weighted by Gasteiger charge is -2.22. The van der Waals surface area contributed by atoms with E-state index in [1.807, 2.05) is 13.0 Å². The minimum Gasteiger partial charge on any atom is -0.314 e. The maximum Gasteiger partial charge on any atom is 0.123 e. The molecule has 108 valence electrons. The number of nitrogens with one attached hydrogen (secondary N) is 1. The van der Waals surface area contributed by atoms with Crippen LogP contribution < -0.4 is 5.32 Å². The van der Waals surface area contributed by atoms with Crippen LogP contribution in [0.25, 0.3) is 0 Å². The van der Waals surface area contributed by atoms with Crippen LogP contribution in [-0.2, 0) is 6.42 Å². The largest absolute Gasteiger partial charge is 0.314 e. The van der Waals surface area contributed by atoms with E-state index in [1.165, 1.54) is 18.4 Å². The van der Waals surface area contributed by atoms with Gasteiger partial charge in [0.1, 0.15) is 5.82 Å². The van der Waals surface area contributed by atoms with E-state index in [9.17, 15) is 4.39 Å². The molecule has 19 heavy (non-hydrogen) atoms. The summed E-state index contributed by atoms with van der Waals surface area (Å²) in [5.41, 5.74) is 2.35. The van der Waals surface area contributed by atoms with Crippen LogP contribution in [0.15, 0.2) is 18.2 Å². The van der Waals surface area contributed by atoms with E-state index in [0.717, 1.165) is 24.9 Å². The smallest absolute Gasteiger partial charge is 0.123 e. The molecule has 0 aliphatic rings. The van der Waals surface area contributed by atoms with Gasteiger partial charge in [-0.3, -0.25) is 0 Å². The van der Waals surface area contributed by atoms with E-state index in [1.54, 1.807) is 12.1 Å². The molecular weight excluding hydrogens is 237 g/mol. The van der Waals surface area contributed by atoms with Crippen LogP contribution in [0, 0.1) is 18.7 Å². The third-order valence-corrected chi connectivity index (χ3v) is 3.73. The molecule has 0 spiro atoms. The molecule has 1 rings (SSSR count). The maximum atomic E-state index is 13.0. The highest BCUT2D eigenvalue weighted by Gasteiger charge is 2.12. The van der Waals surface area contributed by atoms with Gasteiger partial charge in [0.15, 0.2) is 0 Å². The summed E-state index contributed by atoms with van der Waals surface area (Å²) < 4.78 is 13.0. The zero-order chi connectivity index (χ0) is 14.3. The Labute approximate surface area is 117 Å². The van der Waals surface area contributed by atoms with E-state index < -0.39 is 0 Å². The van der Waals surface area contributed by atoms with Gasteiger partial charge in [0.05, 0.1) is 0 Å². The minimum absolute atomic E-state index is 0.133. The van der Waals surface area contributed by atoms with Crippen molar-refractivity contribution in [3.05, 3.63) is 35.1 Å². The Kier molecular flexibility index (Phi) is 7.07. The Balaban J connectivity index is 2.42. The second-order valence-electron chi connectivity index (χ2n) is 5.77. The number of halogens is 1. The Morgan fingerprint density at radius 3 is 2.58 bits per heavy atom. The van der Waals surface area contributed by atoms with Gasteiger partial charge in [-0.05, 0) is 68.3 Å². The van der Waals surface area contributed by atoms with Gasteiger partial charge in [0, 0.05) is 6.04 Å². The highest BCUT2D eigenvalue weighted by Crippen LogP contribution is 2.15. The van der Waals surface area contributed by atoms with Crippen molar-refractivity contribution in [1.29, 1.82) is 0 Å². The van der Waals surface area contributed by atoms with Crippen LogP contribution in [0.2, 0.25) is 0 Å². The van der Waals surface area contributed by atoms with Crippen molar-refractivity contribution < 1.29 is 4.39 Å². The van der Waals surface area contributed by atoms with Crippen molar-refractivity contribution in [2.24, 2.45) is 5.92 Å². The summed E-state index contributed by atoms with van der Waals surface area (Å²) in [7, 11) is 0. The van der Waals surface area contributed by atoms with Crippen LogP contribution in [0.1, 0.15) is 51.2 Å². The van der Waals surface area contributed by atoms with Crippen LogP contribution in [0.4, 0.5) is 4.39 Å². The number of hydrogen-bond donors (Lipinski definition) is 1. The third-order valence-electron chi connectivity index (χ3n) is 3.73. The fraction of sp³-hybridized carbons (Fsp3) is 0.647. The lowest BCUT2D eigenvalue weighted by molar-refractivity contribution is 0.370. The van der Waals surface area contributed by atoms with E-state index in [-0.39, 0.29) is 5.82 Å². The highest BCUT2D eigenvalue weighted by molar-refractivity contribution is 5.26. The summed E-state index contributed by atoms with van der Waals surface area (Å²) in [6, 6.07) is 5.72. The van der Waals surface area contributed by atoms with Gasteiger partial charge >= 0.3 is 0 Å². The SMILES string of the molecule is CCCNC(CCCc1ccc(F)cc1C)C(C)C. The number of aryl methyl sites for hydroxylation is 2. The molecule has 0 radical (unpaired) electrons. The van der Waals surface area contributed by atoms with Crippen molar-refractivity contribution >= 4 is 0 Å². The van der Waals surface area contributed by atoms with E-state index in [2.05, 4.69) is 26.1 Å². The second-order valence-corrected chi connectivity index (χ2v) is 5.77. The molecule has 0 aliphatic heterocycles. The molecule has 0 saturated carbocycles. The number of rotatable bonds is 8. The van der Waals surface area contributed by atoms with Gasteiger partial charge in [-0.1, -0.05) is 26.8 Å². The predicted octanol–water partition coefficient (Wildman–Crippen LogP) is 4.48. The molecule has 0 saturated heterocycles. The van der Waals surface area contributed by atoms with Gasteiger partial charge < -0.3 is 5.32 Å². The van der Waals surface area contributed by atoms with Crippen molar-refractivity contribution in [1.82, 2.24) is 5.32 Å². The third kappa shape index (κ3) is 5.73. The zero-order valence-corrected chi connectivity index (χ0v) is 12.8. The summed E-state index contributed by atoms with van der Waals surface area (Å²) >= 11 is 0. The molecule has 0 amide bonds. The fourth-order valence-corrected chi connectivity index (χ4v) is 2.45. The van der Waals surface area contributed by atoms with Gasteiger partial charge in [-0.15, -0.1) is 0 Å². The average molecular weight is 265 g/mol. The van der Waals surface area contributed by atoms with Crippen molar-refractivity contribution in [2.75, 3.05) is 6.54 Å². The first-order valence-electron chi connectivity index (χ1n) is 7.53. The van der Waals surface area contributed by atoms with Gasteiger partial charge in [0.25, 0.3) is 0 Å². The molecule has 1 aromatic rings. The monoisotopic (exact) mass is 265 g/mol. The molecule has 0 heterocycles. The maximum absolute atomic E-state index is 13.0. The molecule has 2 heteroatoms. The Hall–Kier alpha value is -0.890. The topological polar surface area (TPSA) is 12.0 Å². The van der Waals surface area contributed by atoms with Crippen LogP contribution >= 0.6 is 0 Å². The van der Waals surface area contributed by atoms with Gasteiger partial charge in [-0.2, -0.15) is 0 Å². The van der Waals surface area contributed by atoms with Gasteiger partial charge in [-0.25, -0.2) is 4.39 Å². The molecule has 0 aliphatic carbocycles. The lowest BCUT2D eigenvalue weighted by Crippen LogP contribution is -2.34. The van der Waals surface area contributed by atoms with Gasteiger partial charge in [0.2, 0.25) is 0 Å². The predicted molar refractivity (Wildman–Crippen MR) is 81.0 cm³/mol. The quantitative estimate of drug-likeness (QED) is 0.730. The average Bonchev–Trinajstić information content (AvgIpc) is 2.35. The van der Waals surface area contributed by atoms with E-state index >= 15 is 0 Å². The minimum atomic E-state index is -0.133. The Morgan fingerprint density at radius 2 is 2.00 bits per heavy atom. The molecule has 0 aromatic heterocycles. The number of hydrogen-bond acceptors (Lipinski definition) is 1. The summed E-state index contributed by atoms with van der Waals surface area (Å²) in [5, 5.41) is 3.62. The van der Waals surface area contributed by atoms with E-state index in [4.69, 9.17) is 0 Å². The Bertz CT molecular complexity index is 374. The van der Waals surface area contributed by atoms with Crippen molar-refractivity contribution in [3.8, 4) is 0 Å². The summed E-state index contributed by atoms with van der Waals surface area (Å²) in [5.74, 6) is 0.534. The Morgan fingerprint density at radius 1 is 1.26 bits per heavy atom. The molecule has 0 bridgehead atoms. The fourth-order valence-electron chi connectivity index (χ4n) is 2.45. The standard InChI is InChI=1S/C17H28FN/c1-5-11-19-17(13(2)3)8-6-7-15-9-10-16(18)12-14(15)4/h9-10,12-13,17,19H,5-8,11H2,1-4H3. The number of benzene rings is 1. The lowest BCUT2D eigenvalue weighted by atomic mass is 9.95.